The molecule has 3 rings (SSSR count). The predicted octanol–water partition coefficient (Wildman–Crippen LogP) is 6.20. The van der Waals surface area contributed by atoms with Crippen LogP contribution in [0.3, 0.4) is 0 Å². The summed E-state index contributed by atoms with van der Waals surface area (Å²) in [6.45, 7) is 8.99. The summed E-state index contributed by atoms with van der Waals surface area (Å²) in [4.78, 5) is 24.2. The third-order valence-electron chi connectivity index (χ3n) is 4.26. The molecule has 0 aliphatic heterocycles. The van der Waals surface area contributed by atoms with E-state index in [0.29, 0.717) is 18.1 Å². The molecule has 0 bridgehead atoms. The van der Waals surface area contributed by atoms with Crippen LogP contribution in [-0.4, -0.2) is 39.7 Å². The molecule has 0 saturated heterocycles. The van der Waals surface area contributed by atoms with Crippen LogP contribution in [0.1, 0.15) is 39.7 Å². The van der Waals surface area contributed by atoms with Crippen molar-refractivity contribution in [3.63, 3.8) is 0 Å². The Morgan fingerprint density at radius 3 is 2.62 bits per heavy atom. The molecule has 0 fully saturated rings. The predicted molar refractivity (Wildman–Crippen MR) is 120 cm³/mol. The number of carbonyl (C=O) groups excluding carboxylic acids is 1. The summed E-state index contributed by atoms with van der Waals surface area (Å²) >= 11 is 7.84. The van der Waals surface area contributed by atoms with E-state index in [1.54, 1.807) is 28.5 Å². The first kappa shape index (κ1) is 21.5. The molecular weight excluding hydrogens is 406 g/mol. The lowest BCUT2D eigenvalue weighted by Crippen LogP contribution is -2.38. The minimum absolute atomic E-state index is 0.265. The molecule has 0 aromatic carbocycles. The molecule has 1 amide bonds. The molecule has 3 aromatic rings. The van der Waals surface area contributed by atoms with Gasteiger partial charge in [0.15, 0.2) is 0 Å². The highest BCUT2D eigenvalue weighted by Gasteiger charge is 2.21. The molecule has 0 saturated carbocycles. The van der Waals surface area contributed by atoms with E-state index in [1.807, 2.05) is 39.1 Å². The number of pyridine rings is 2. The van der Waals surface area contributed by atoms with Crippen molar-refractivity contribution >= 4 is 39.2 Å². The number of hydrogen-bond acceptors (Lipinski definition) is 5. The molecule has 3 aromatic heterocycles. The van der Waals surface area contributed by atoms with E-state index in [9.17, 15) is 4.79 Å². The first-order chi connectivity index (χ1) is 13.8. The number of carbonyl (C=O) groups is 1. The summed E-state index contributed by atoms with van der Waals surface area (Å²) in [7, 11) is 0. The van der Waals surface area contributed by atoms with Gasteiger partial charge in [-0.15, -0.1) is 11.3 Å². The van der Waals surface area contributed by atoms with Gasteiger partial charge >= 0.3 is 6.09 Å². The topological polar surface area (TPSA) is 55.3 Å². The van der Waals surface area contributed by atoms with Gasteiger partial charge in [-0.25, -0.2) is 4.79 Å². The standard InChI is InChI=1S/C22H26ClN3O2S/c1-5-11-26(21(27)28-22(2,3)4)12-9-15-6-7-17(25-14-15)19-13-18-20(29-19)16(23)8-10-24-18/h6-8,10,13-14H,5,9,11-12H2,1-4H3. The summed E-state index contributed by atoms with van der Waals surface area (Å²) < 4.78 is 6.49. The summed E-state index contributed by atoms with van der Waals surface area (Å²) in [6, 6.07) is 7.87. The quantitative estimate of drug-likeness (QED) is 0.466. The largest absolute Gasteiger partial charge is 0.444 e. The number of amides is 1. The van der Waals surface area contributed by atoms with Crippen LogP contribution >= 0.6 is 22.9 Å². The molecule has 3 heterocycles. The second kappa shape index (κ2) is 9.09. The maximum absolute atomic E-state index is 12.4. The lowest BCUT2D eigenvalue weighted by Gasteiger charge is -2.27. The van der Waals surface area contributed by atoms with Crippen molar-refractivity contribution in [2.24, 2.45) is 0 Å². The Morgan fingerprint density at radius 2 is 2.00 bits per heavy atom. The summed E-state index contributed by atoms with van der Waals surface area (Å²) in [5, 5.41) is 0.709. The zero-order valence-corrected chi connectivity index (χ0v) is 18.8. The van der Waals surface area contributed by atoms with Gasteiger partial charge in [-0.3, -0.25) is 9.97 Å². The monoisotopic (exact) mass is 431 g/mol. The molecule has 0 spiro atoms. The van der Waals surface area contributed by atoms with E-state index in [1.165, 1.54) is 0 Å². The van der Waals surface area contributed by atoms with Crippen molar-refractivity contribution in [2.75, 3.05) is 13.1 Å². The molecule has 0 aliphatic rings. The Kier molecular flexibility index (Phi) is 6.75. The Hall–Kier alpha value is -2.18. The molecule has 0 radical (unpaired) electrons. The molecule has 5 nitrogen and oxygen atoms in total. The molecule has 0 atom stereocenters. The number of hydrogen-bond donors (Lipinski definition) is 0. The fourth-order valence-corrected chi connectivity index (χ4v) is 4.17. The van der Waals surface area contributed by atoms with Crippen LogP contribution in [0.2, 0.25) is 5.02 Å². The Morgan fingerprint density at radius 1 is 1.21 bits per heavy atom. The third kappa shape index (κ3) is 5.67. The van der Waals surface area contributed by atoms with Gasteiger partial charge in [0.1, 0.15) is 5.60 Å². The van der Waals surface area contributed by atoms with Crippen molar-refractivity contribution in [1.82, 2.24) is 14.9 Å². The average Bonchev–Trinajstić information content (AvgIpc) is 3.10. The van der Waals surface area contributed by atoms with Gasteiger partial charge in [0.2, 0.25) is 0 Å². The molecule has 154 valence electrons. The van der Waals surface area contributed by atoms with Gasteiger partial charge in [-0.1, -0.05) is 24.6 Å². The first-order valence-electron chi connectivity index (χ1n) is 9.74. The van der Waals surface area contributed by atoms with Crippen LogP contribution in [0, 0.1) is 0 Å². The number of rotatable bonds is 6. The fourth-order valence-electron chi connectivity index (χ4n) is 2.91. The summed E-state index contributed by atoms with van der Waals surface area (Å²) in [6.07, 6.45) is 4.93. The third-order valence-corrected chi connectivity index (χ3v) is 5.86. The number of aromatic nitrogens is 2. The van der Waals surface area contributed by atoms with E-state index in [4.69, 9.17) is 16.3 Å². The van der Waals surface area contributed by atoms with Crippen molar-refractivity contribution in [3.8, 4) is 10.6 Å². The van der Waals surface area contributed by atoms with Gasteiger partial charge < -0.3 is 9.64 Å². The Bertz CT molecular complexity index is 980. The zero-order chi connectivity index (χ0) is 21.0. The van der Waals surface area contributed by atoms with E-state index in [-0.39, 0.29) is 6.09 Å². The smallest absolute Gasteiger partial charge is 0.410 e. The zero-order valence-electron chi connectivity index (χ0n) is 17.2. The second-order valence-electron chi connectivity index (χ2n) is 7.89. The molecule has 29 heavy (non-hydrogen) atoms. The van der Waals surface area contributed by atoms with Gasteiger partial charge in [-0.05, 0) is 57.4 Å². The van der Waals surface area contributed by atoms with E-state index in [2.05, 4.69) is 23.0 Å². The molecule has 0 unspecified atom stereocenters. The highest BCUT2D eigenvalue weighted by atomic mass is 35.5. The van der Waals surface area contributed by atoms with Crippen molar-refractivity contribution in [3.05, 3.63) is 47.2 Å². The van der Waals surface area contributed by atoms with Crippen LogP contribution in [0.15, 0.2) is 36.7 Å². The second-order valence-corrected chi connectivity index (χ2v) is 9.35. The SMILES string of the molecule is CCCN(CCc1ccc(-c2cc3nccc(Cl)c3s2)nc1)C(=O)OC(C)(C)C. The van der Waals surface area contributed by atoms with Crippen molar-refractivity contribution in [1.29, 1.82) is 0 Å². The maximum Gasteiger partial charge on any atom is 0.410 e. The normalized spacial score (nSPS) is 11.6. The van der Waals surface area contributed by atoms with E-state index >= 15 is 0 Å². The maximum atomic E-state index is 12.4. The van der Waals surface area contributed by atoms with Gasteiger partial charge in [-0.2, -0.15) is 0 Å². The average molecular weight is 432 g/mol. The number of thiophene rings is 1. The van der Waals surface area contributed by atoms with E-state index < -0.39 is 5.60 Å². The molecule has 0 N–H and O–H groups in total. The van der Waals surface area contributed by atoms with Crippen LogP contribution < -0.4 is 0 Å². The fraction of sp³-hybridized carbons (Fsp3) is 0.409. The Labute approximate surface area is 180 Å². The number of nitrogens with zero attached hydrogens (tertiary/aromatic N) is 3. The lowest BCUT2D eigenvalue weighted by molar-refractivity contribution is 0.0252. The number of ether oxygens (including phenoxy) is 1. The van der Waals surface area contributed by atoms with Gasteiger partial charge in [0.05, 0.1) is 25.8 Å². The summed E-state index contributed by atoms with van der Waals surface area (Å²) in [5.41, 5.74) is 2.37. The molecule has 7 heteroatoms. The van der Waals surface area contributed by atoms with Crippen LogP contribution in [-0.2, 0) is 11.2 Å². The van der Waals surface area contributed by atoms with Crippen LogP contribution in [0.5, 0.6) is 0 Å². The minimum Gasteiger partial charge on any atom is -0.444 e. The highest BCUT2D eigenvalue weighted by Crippen LogP contribution is 2.35. The van der Waals surface area contributed by atoms with Gasteiger partial charge in [0, 0.05) is 25.5 Å². The number of halogens is 1. The van der Waals surface area contributed by atoms with Crippen molar-refractivity contribution in [2.45, 2.75) is 46.1 Å². The molecule has 0 aliphatic carbocycles. The van der Waals surface area contributed by atoms with Crippen LogP contribution in [0.25, 0.3) is 20.8 Å². The first-order valence-corrected chi connectivity index (χ1v) is 10.9. The highest BCUT2D eigenvalue weighted by molar-refractivity contribution is 7.22. The summed E-state index contributed by atoms with van der Waals surface area (Å²) in [5.74, 6) is 0. The van der Waals surface area contributed by atoms with E-state index in [0.717, 1.165) is 39.2 Å². The Balaban J connectivity index is 1.67. The number of fused-ring (bicyclic) bond motifs is 1. The minimum atomic E-state index is -0.492. The lowest BCUT2D eigenvalue weighted by atomic mass is 10.1. The van der Waals surface area contributed by atoms with Crippen LogP contribution in [0.4, 0.5) is 4.79 Å². The van der Waals surface area contributed by atoms with Crippen molar-refractivity contribution < 1.29 is 9.53 Å². The van der Waals surface area contributed by atoms with Gasteiger partial charge in [0.25, 0.3) is 0 Å². The molecular formula is C22H26ClN3O2S.